The van der Waals surface area contributed by atoms with E-state index >= 15 is 0 Å². The summed E-state index contributed by atoms with van der Waals surface area (Å²) in [7, 11) is 0. The van der Waals surface area contributed by atoms with Crippen LogP contribution in [0.1, 0.15) is 24.2 Å². The summed E-state index contributed by atoms with van der Waals surface area (Å²) in [5, 5.41) is 14.1. The molecule has 3 N–H and O–H groups in total. The van der Waals surface area contributed by atoms with Crippen LogP contribution in [-0.4, -0.2) is 23.1 Å². The number of carboxylic acid groups (broad SMARTS) is 1. The Kier molecular flexibility index (Phi) is 4.34. The fourth-order valence-electron chi connectivity index (χ4n) is 1.27. The molecule has 0 saturated carbocycles. The SMILES string of the molecule is CC(C)NC(=O)Nc1cccc(Cl)c1C(=O)O. The summed E-state index contributed by atoms with van der Waals surface area (Å²) in [6.07, 6.45) is 0. The zero-order valence-electron chi connectivity index (χ0n) is 9.45. The predicted octanol–water partition coefficient (Wildman–Crippen LogP) is 2.57. The number of rotatable bonds is 3. The van der Waals surface area contributed by atoms with Gasteiger partial charge in [0.05, 0.1) is 10.7 Å². The van der Waals surface area contributed by atoms with Gasteiger partial charge in [-0.3, -0.25) is 0 Å². The van der Waals surface area contributed by atoms with Crippen molar-refractivity contribution in [2.24, 2.45) is 0 Å². The van der Waals surface area contributed by atoms with E-state index in [0.717, 1.165) is 0 Å². The Hall–Kier alpha value is -1.75. The number of amides is 2. The number of hydrogen-bond acceptors (Lipinski definition) is 2. The van der Waals surface area contributed by atoms with Crippen LogP contribution in [0.2, 0.25) is 5.02 Å². The second-order valence-corrected chi connectivity index (χ2v) is 4.13. The highest BCUT2D eigenvalue weighted by molar-refractivity contribution is 6.34. The highest BCUT2D eigenvalue weighted by atomic mass is 35.5. The molecule has 0 aliphatic carbocycles. The highest BCUT2D eigenvalue weighted by Gasteiger charge is 2.16. The predicted molar refractivity (Wildman–Crippen MR) is 65.7 cm³/mol. The molecule has 2 amide bonds. The number of hydrogen-bond donors (Lipinski definition) is 3. The highest BCUT2D eigenvalue weighted by Crippen LogP contribution is 2.24. The van der Waals surface area contributed by atoms with Gasteiger partial charge in [0, 0.05) is 6.04 Å². The average Bonchev–Trinajstić information content (AvgIpc) is 2.15. The van der Waals surface area contributed by atoms with Crippen LogP contribution in [0.4, 0.5) is 10.5 Å². The summed E-state index contributed by atoms with van der Waals surface area (Å²) in [6.45, 7) is 3.60. The van der Waals surface area contributed by atoms with E-state index in [1.54, 1.807) is 19.9 Å². The zero-order chi connectivity index (χ0) is 13.0. The van der Waals surface area contributed by atoms with Gasteiger partial charge in [0.2, 0.25) is 0 Å². The maximum atomic E-state index is 11.5. The standard InChI is InChI=1S/C11H13ClN2O3/c1-6(2)13-11(17)14-8-5-3-4-7(12)9(8)10(15)16/h3-6H,1-2H3,(H,15,16)(H2,13,14,17). The third-order valence-electron chi connectivity index (χ3n) is 1.90. The minimum atomic E-state index is -1.18. The van der Waals surface area contributed by atoms with Gasteiger partial charge in [-0.25, -0.2) is 9.59 Å². The molecule has 1 aromatic rings. The van der Waals surface area contributed by atoms with E-state index in [2.05, 4.69) is 10.6 Å². The lowest BCUT2D eigenvalue weighted by molar-refractivity contribution is 0.0698. The molecule has 0 aromatic heterocycles. The van der Waals surface area contributed by atoms with E-state index < -0.39 is 12.0 Å². The average molecular weight is 257 g/mol. The second kappa shape index (κ2) is 5.54. The minimum Gasteiger partial charge on any atom is -0.478 e. The largest absolute Gasteiger partial charge is 0.478 e. The summed E-state index contributed by atoms with van der Waals surface area (Å²) in [5.74, 6) is -1.18. The maximum Gasteiger partial charge on any atom is 0.339 e. The van der Waals surface area contributed by atoms with Crippen molar-refractivity contribution in [2.45, 2.75) is 19.9 Å². The zero-order valence-corrected chi connectivity index (χ0v) is 10.2. The number of anilines is 1. The van der Waals surface area contributed by atoms with E-state index in [-0.39, 0.29) is 22.3 Å². The first kappa shape index (κ1) is 13.3. The summed E-state index contributed by atoms with van der Waals surface area (Å²) in [4.78, 5) is 22.4. The van der Waals surface area contributed by atoms with Crippen molar-refractivity contribution >= 4 is 29.3 Å². The molecule has 5 nitrogen and oxygen atoms in total. The van der Waals surface area contributed by atoms with Gasteiger partial charge in [-0.15, -0.1) is 0 Å². The number of carboxylic acids is 1. The molecular formula is C11H13ClN2O3. The summed E-state index contributed by atoms with van der Waals surface area (Å²) >= 11 is 5.76. The fraction of sp³-hybridized carbons (Fsp3) is 0.273. The first-order valence-electron chi connectivity index (χ1n) is 5.01. The molecule has 0 bridgehead atoms. The molecule has 0 atom stereocenters. The van der Waals surface area contributed by atoms with Crippen LogP contribution in [0, 0.1) is 0 Å². The molecule has 0 heterocycles. The lowest BCUT2D eigenvalue weighted by Gasteiger charge is -2.12. The van der Waals surface area contributed by atoms with Crippen molar-refractivity contribution in [3.05, 3.63) is 28.8 Å². The van der Waals surface area contributed by atoms with Gasteiger partial charge in [0.15, 0.2) is 0 Å². The number of halogens is 1. The Morgan fingerprint density at radius 3 is 2.53 bits per heavy atom. The first-order valence-corrected chi connectivity index (χ1v) is 5.39. The van der Waals surface area contributed by atoms with E-state index in [0.29, 0.717) is 0 Å². The Bertz CT molecular complexity index is 446. The Balaban J connectivity index is 2.95. The van der Waals surface area contributed by atoms with Crippen LogP contribution in [-0.2, 0) is 0 Å². The number of nitrogens with one attached hydrogen (secondary N) is 2. The molecule has 17 heavy (non-hydrogen) atoms. The maximum absolute atomic E-state index is 11.5. The van der Waals surface area contributed by atoms with Gasteiger partial charge in [0.25, 0.3) is 0 Å². The van der Waals surface area contributed by atoms with Crippen molar-refractivity contribution in [1.29, 1.82) is 0 Å². The van der Waals surface area contributed by atoms with Gasteiger partial charge in [0.1, 0.15) is 5.56 Å². The van der Waals surface area contributed by atoms with E-state index in [1.165, 1.54) is 12.1 Å². The van der Waals surface area contributed by atoms with Crippen LogP contribution < -0.4 is 10.6 Å². The molecule has 6 heteroatoms. The molecule has 1 rings (SSSR count). The topological polar surface area (TPSA) is 78.4 Å². The van der Waals surface area contributed by atoms with E-state index in [1.807, 2.05) is 0 Å². The van der Waals surface area contributed by atoms with Crippen molar-refractivity contribution in [2.75, 3.05) is 5.32 Å². The van der Waals surface area contributed by atoms with Crippen molar-refractivity contribution in [3.63, 3.8) is 0 Å². The van der Waals surface area contributed by atoms with Crippen LogP contribution in [0.3, 0.4) is 0 Å². The molecule has 0 fully saturated rings. The molecule has 0 unspecified atom stereocenters. The van der Waals surface area contributed by atoms with Crippen LogP contribution in [0.25, 0.3) is 0 Å². The van der Waals surface area contributed by atoms with Crippen LogP contribution >= 0.6 is 11.6 Å². The Morgan fingerprint density at radius 1 is 1.35 bits per heavy atom. The summed E-state index contributed by atoms with van der Waals surface area (Å²) < 4.78 is 0. The first-order chi connectivity index (χ1) is 7.91. The summed E-state index contributed by atoms with van der Waals surface area (Å²) in [5.41, 5.74) is 0.0521. The third-order valence-corrected chi connectivity index (χ3v) is 2.21. The van der Waals surface area contributed by atoms with Crippen molar-refractivity contribution in [1.82, 2.24) is 5.32 Å². The summed E-state index contributed by atoms with van der Waals surface area (Å²) in [6, 6.07) is 4.00. The van der Waals surface area contributed by atoms with Gasteiger partial charge < -0.3 is 15.7 Å². The molecular weight excluding hydrogens is 244 g/mol. The minimum absolute atomic E-state index is 0.0394. The monoisotopic (exact) mass is 256 g/mol. The fourth-order valence-corrected chi connectivity index (χ4v) is 1.52. The normalized spacial score (nSPS) is 10.1. The van der Waals surface area contributed by atoms with Gasteiger partial charge in [-0.05, 0) is 26.0 Å². The van der Waals surface area contributed by atoms with Gasteiger partial charge in [-0.2, -0.15) is 0 Å². The quantitative estimate of drug-likeness (QED) is 0.778. The van der Waals surface area contributed by atoms with E-state index in [4.69, 9.17) is 16.7 Å². The van der Waals surface area contributed by atoms with Crippen LogP contribution in [0.15, 0.2) is 18.2 Å². The molecule has 0 aliphatic heterocycles. The third kappa shape index (κ3) is 3.64. The van der Waals surface area contributed by atoms with Crippen LogP contribution in [0.5, 0.6) is 0 Å². The lowest BCUT2D eigenvalue weighted by atomic mass is 10.2. The van der Waals surface area contributed by atoms with E-state index in [9.17, 15) is 9.59 Å². The smallest absolute Gasteiger partial charge is 0.339 e. The van der Waals surface area contributed by atoms with Crippen molar-refractivity contribution < 1.29 is 14.7 Å². The number of benzene rings is 1. The molecule has 1 aromatic carbocycles. The second-order valence-electron chi connectivity index (χ2n) is 3.72. The number of urea groups is 1. The van der Waals surface area contributed by atoms with Gasteiger partial charge >= 0.3 is 12.0 Å². The molecule has 0 radical (unpaired) electrons. The Morgan fingerprint density at radius 2 is 2.00 bits per heavy atom. The lowest BCUT2D eigenvalue weighted by Crippen LogP contribution is -2.34. The van der Waals surface area contributed by atoms with Crippen molar-refractivity contribution in [3.8, 4) is 0 Å². The molecule has 0 spiro atoms. The number of carbonyl (C=O) groups is 2. The molecule has 92 valence electrons. The molecule has 0 saturated heterocycles. The molecule has 0 aliphatic rings. The number of carbonyl (C=O) groups excluding carboxylic acids is 1. The Labute approximate surface area is 104 Å². The number of aromatic carboxylic acids is 1. The van der Waals surface area contributed by atoms with Gasteiger partial charge in [-0.1, -0.05) is 17.7 Å².